The highest BCUT2D eigenvalue weighted by atomic mass is 35.5. The van der Waals surface area contributed by atoms with Crippen molar-refractivity contribution in [3.8, 4) is 17.2 Å². The van der Waals surface area contributed by atoms with E-state index in [9.17, 15) is 28.8 Å². The first-order valence-electron chi connectivity index (χ1n) is 27.8. The van der Waals surface area contributed by atoms with Crippen LogP contribution in [0.5, 0.6) is 17.2 Å². The first-order valence-corrected chi connectivity index (χ1v) is 29.4. The lowest BCUT2D eigenvalue weighted by molar-refractivity contribution is -0.132. The van der Waals surface area contributed by atoms with Gasteiger partial charge in [0.05, 0.1) is 11.4 Å². The van der Waals surface area contributed by atoms with Crippen LogP contribution in [-0.2, 0) is 48.1 Å². The lowest BCUT2D eigenvalue weighted by Gasteiger charge is -2.25. The van der Waals surface area contributed by atoms with E-state index in [1.54, 1.807) is 38.7 Å². The molecule has 10 rings (SSSR count). The number of ketones is 2. The van der Waals surface area contributed by atoms with Crippen molar-refractivity contribution in [1.29, 1.82) is 0 Å². The highest BCUT2D eigenvalue weighted by Crippen LogP contribution is 2.49. The Hall–Kier alpha value is -7.30. The minimum absolute atomic E-state index is 0. The number of alkyl halides is 3. The highest BCUT2D eigenvalue weighted by molar-refractivity contribution is 6.20. The van der Waals surface area contributed by atoms with E-state index >= 15 is 0 Å². The van der Waals surface area contributed by atoms with Crippen LogP contribution in [0.1, 0.15) is 120 Å². The Kier molecular flexibility index (Phi) is 21.0. The van der Waals surface area contributed by atoms with Crippen LogP contribution in [0, 0.1) is 0 Å². The van der Waals surface area contributed by atoms with Gasteiger partial charge >= 0.3 is 24.1 Å². The number of benzene rings is 7. The molecule has 3 atom stereocenters. The number of anilines is 4. The molecule has 3 aliphatic heterocycles. The predicted octanol–water partition coefficient (Wildman–Crippen LogP) is 15.1. The van der Waals surface area contributed by atoms with E-state index in [0.717, 1.165) is 83.6 Å². The van der Waals surface area contributed by atoms with Gasteiger partial charge in [-0.2, -0.15) is 0 Å². The maximum atomic E-state index is 13.0. The van der Waals surface area contributed by atoms with E-state index in [-0.39, 0.29) is 47.7 Å². The Morgan fingerprint density at radius 3 is 1.42 bits per heavy atom. The molecule has 0 fully saturated rings. The van der Waals surface area contributed by atoms with Crippen LogP contribution in [0.3, 0.4) is 0 Å². The van der Waals surface area contributed by atoms with Gasteiger partial charge < -0.3 is 34.7 Å². The van der Waals surface area contributed by atoms with Crippen LogP contribution in [0.25, 0.3) is 32.3 Å². The molecule has 0 unspecified atom stereocenters. The summed E-state index contributed by atoms with van der Waals surface area (Å²) >= 11 is 18.7. The van der Waals surface area contributed by atoms with Crippen molar-refractivity contribution in [3.05, 3.63) is 137 Å². The average molecular weight is 1240 g/mol. The fourth-order valence-corrected chi connectivity index (χ4v) is 11.6. The molecular formula is C66H72Cl4N4O11. The van der Waals surface area contributed by atoms with Gasteiger partial charge in [0.2, 0.25) is 0 Å². The topological polar surface area (TPSA) is 193 Å². The zero-order valence-corrected chi connectivity index (χ0v) is 52.5. The monoisotopic (exact) mass is 1240 g/mol. The summed E-state index contributed by atoms with van der Waals surface area (Å²) in [5.74, 6) is 2.21. The average Bonchev–Trinajstić information content (AvgIpc) is 4.33. The van der Waals surface area contributed by atoms with Gasteiger partial charge in [0, 0.05) is 127 Å². The lowest BCUT2D eigenvalue weighted by Crippen LogP contribution is -2.36. The molecule has 2 amide bonds. The van der Waals surface area contributed by atoms with Crippen molar-refractivity contribution >= 4 is 138 Å². The Morgan fingerprint density at radius 2 is 0.965 bits per heavy atom. The molecule has 85 heavy (non-hydrogen) atoms. The molecule has 450 valence electrons. The number of carbonyl (C=O) groups excluding carboxylic acids is 6. The summed E-state index contributed by atoms with van der Waals surface area (Å²) in [6, 6.07) is 32.6. The molecule has 0 aromatic heterocycles. The van der Waals surface area contributed by atoms with E-state index in [0.29, 0.717) is 78.8 Å². The fraction of sp³-hybridized carbons (Fsp3) is 0.364. The first kappa shape index (κ1) is 65.2. The van der Waals surface area contributed by atoms with Crippen molar-refractivity contribution in [2.45, 2.75) is 118 Å². The quantitative estimate of drug-likeness (QED) is 0.0508. The molecule has 7 aromatic carbocycles. The van der Waals surface area contributed by atoms with Gasteiger partial charge in [-0.1, -0.05) is 66.7 Å². The van der Waals surface area contributed by atoms with E-state index in [2.05, 4.69) is 5.32 Å². The summed E-state index contributed by atoms with van der Waals surface area (Å²) in [6.07, 6.45) is -0.186. The SMILES string of the molecule is CC(=O)Cc1ccc2c(OC(C)=O)cc3c(c2c1)[C@H](CCl)CN3.CC(=O)Cc1ccc2c(OC(C)=O)cc3c(c2c1)[C@H](CCl)CN3C(=O)OC(C)(C)C.CC(C)(C)OC(=O)N1C[C@@H](CCl)c2c1cc(OCc1ccccc1)c1ccc(N)cc21.Cl. The number of carbonyl (C=O) groups is 6. The number of amides is 2. The summed E-state index contributed by atoms with van der Waals surface area (Å²) in [5.41, 5.74) is 13.7. The summed E-state index contributed by atoms with van der Waals surface area (Å²) < 4.78 is 28.3. The first-order chi connectivity index (χ1) is 39.8. The molecule has 0 radical (unpaired) electrons. The maximum absolute atomic E-state index is 13.0. The number of nitrogens with one attached hydrogen (secondary N) is 1. The van der Waals surface area contributed by atoms with Crippen molar-refractivity contribution in [2.24, 2.45) is 0 Å². The molecule has 7 aromatic rings. The number of nitrogens with zero attached hydrogens (tertiary/aromatic N) is 2. The van der Waals surface area contributed by atoms with Gasteiger partial charge in [-0.25, -0.2) is 9.59 Å². The lowest BCUT2D eigenvalue weighted by atomic mass is 9.93. The van der Waals surface area contributed by atoms with Crippen molar-refractivity contribution < 1.29 is 52.5 Å². The Bertz CT molecular complexity index is 3690. The van der Waals surface area contributed by atoms with E-state index < -0.39 is 29.4 Å². The van der Waals surface area contributed by atoms with Crippen molar-refractivity contribution in [1.82, 2.24) is 0 Å². The molecular weight excluding hydrogens is 1170 g/mol. The second-order valence-electron chi connectivity index (χ2n) is 23.4. The second-order valence-corrected chi connectivity index (χ2v) is 24.3. The third kappa shape index (κ3) is 15.6. The van der Waals surface area contributed by atoms with E-state index in [4.69, 9.17) is 64.2 Å². The number of halogens is 4. The number of ether oxygens (including phenoxy) is 5. The van der Waals surface area contributed by atoms with Gasteiger partial charge in [0.15, 0.2) is 0 Å². The van der Waals surface area contributed by atoms with Gasteiger partial charge in [-0.15, -0.1) is 47.2 Å². The third-order valence-corrected chi connectivity index (χ3v) is 15.2. The zero-order chi connectivity index (χ0) is 60.9. The van der Waals surface area contributed by atoms with Gasteiger partial charge in [0.25, 0.3) is 0 Å². The summed E-state index contributed by atoms with van der Waals surface area (Å²) in [4.78, 5) is 75.2. The van der Waals surface area contributed by atoms with Crippen LogP contribution in [0.4, 0.5) is 32.3 Å². The largest absolute Gasteiger partial charge is 0.488 e. The van der Waals surface area contributed by atoms with Crippen LogP contribution < -0.4 is 35.1 Å². The Morgan fingerprint density at radius 1 is 0.529 bits per heavy atom. The smallest absolute Gasteiger partial charge is 0.414 e. The Balaban J connectivity index is 0.000000184. The molecule has 0 bridgehead atoms. The molecule has 19 heteroatoms. The number of hydrogen-bond donors (Lipinski definition) is 2. The fourth-order valence-electron chi connectivity index (χ4n) is 10.9. The molecule has 0 saturated heterocycles. The van der Waals surface area contributed by atoms with E-state index in [1.807, 2.05) is 118 Å². The van der Waals surface area contributed by atoms with Crippen LogP contribution >= 0.6 is 47.2 Å². The van der Waals surface area contributed by atoms with Crippen molar-refractivity contribution in [3.63, 3.8) is 0 Å². The van der Waals surface area contributed by atoms with Crippen LogP contribution in [0.2, 0.25) is 0 Å². The highest BCUT2D eigenvalue weighted by Gasteiger charge is 2.39. The second kappa shape index (κ2) is 27.4. The number of nitrogens with two attached hydrogens (primary N) is 1. The minimum Gasteiger partial charge on any atom is -0.488 e. The molecule has 15 nitrogen and oxygen atoms in total. The number of esters is 2. The van der Waals surface area contributed by atoms with Gasteiger partial charge in [-0.05, 0) is 123 Å². The molecule has 3 heterocycles. The number of fused-ring (bicyclic) bond motifs is 9. The van der Waals surface area contributed by atoms with Gasteiger partial charge in [-0.3, -0.25) is 29.0 Å². The zero-order valence-electron chi connectivity index (χ0n) is 49.4. The number of rotatable bonds is 12. The standard InChI is InChI=1S/C25H27ClN2O3.C23H26ClNO5.C18H18ClNO3.ClH/c1-25(2,3)31-24(29)28-14-17(13-26)23-20-11-18(27)9-10-19(20)22(12-21(23)28)30-15-16-7-5-4-6-8-16;1-13(26)8-15-6-7-17-18(9-15)21-16(11-24)12-25(22(28)30-23(3,4)5)19(21)10-20(17)29-14(2)27;1-10(21)5-12-3-4-14-15(6-12)18-13(8-19)9-20-16(18)7-17(14)23-11(2)22;/h4-12,17H,13-15,27H2,1-3H3;6-7,9-10,16H,8,11-12H2,1-5H3;3-4,6-7,13,20H,5,8-9H2,1-2H3;1H/t17-;16-;13-;/m111./s1. The van der Waals surface area contributed by atoms with Gasteiger partial charge in [0.1, 0.15) is 46.6 Å². The summed E-state index contributed by atoms with van der Waals surface area (Å²) in [5, 5.41) is 8.64. The predicted molar refractivity (Wildman–Crippen MR) is 342 cm³/mol. The number of Topliss-reactive ketones (excluding diaryl/α,β-unsaturated/α-hetero) is 2. The normalized spacial score (nSPS) is 15.7. The third-order valence-electron chi connectivity index (χ3n) is 14.1. The molecule has 0 aliphatic carbocycles. The molecule has 3 aliphatic rings. The Labute approximate surface area is 517 Å². The van der Waals surface area contributed by atoms with E-state index in [1.165, 1.54) is 25.7 Å². The van der Waals surface area contributed by atoms with Crippen molar-refractivity contribution in [2.75, 3.05) is 58.1 Å². The van der Waals surface area contributed by atoms with Crippen LogP contribution in [-0.4, -0.2) is 84.2 Å². The molecule has 0 saturated carbocycles. The number of hydrogen-bond acceptors (Lipinski definition) is 13. The number of nitrogen functional groups attached to an aromatic ring is 1. The minimum atomic E-state index is -0.652. The molecule has 3 N–H and O–H groups in total. The van der Waals surface area contributed by atoms with Crippen LogP contribution in [0.15, 0.2) is 103 Å². The maximum Gasteiger partial charge on any atom is 0.414 e. The summed E-state index contributed by atoms with van der Waals surface area (Å²) in [7, 11) is 0. The molecule has 0 spiro atoms. The summed E-state index contributed by atoms with van der Waals surface area (Å²) in [6.45, 7) is 18.8.